The summed E-state index contributed by atoms with van der Waals surface area (Å²) in [5.74, 6) is -0.977. The van der Waals surface area contributed by atoms with Crippen LogP contribution in [0.25, 0.3) is 0 Å². The number of nitrogen functional groups attached to an aromatic ring is 1. The summed E-state index contributed by atoms with van der Waals surface area (Å²) >= 11 is 2.95. The van der Waals surface area contributed by atoms with Gasteiger partial charge in [-0.15, -0.1) is 0 Å². The third-order valence-electron chi connectivity index (χ3n) is 1.62. The molecule has 0 fully saturated rings. The van der Waals surface area contributed by atoms with Crippen LogP contribution in [-0.2, 0) is 4.74 Å². The fourth-order valence-electron chi connectivity index (χ4n) is 1.01. The number of pyridine rings is 1. The van der Waals surface area contributed by atoms with E-state index in [2.05, 4.69) is 25.7 Å². The Morgan fingerprint density at radius 1 is 1.67 bits per heavy atom. The zero-order chi connectivity index (χ0) is 11.6. The zero-order valence-electron chi connectivity index (χ0n) is 7.63. The number of esters is 1. The van der Waals surface area contributed by atoms with E-state index < -0.39 is 18.1 Å². The molecule has 2 N–H and O–H groups in total. The first kappa shape index (κ1) is 11.8. The first-order chi connectivity index (χ1) is 6.97. The number of carbonyl (C=O) groups is 1. The Labute approximate surface area is 92.6 Å². The Morgan fingerprint density at radius 3 is 2.73 bits per heavy atom. The monoisotopic (exact) mass is 280 g/mol. The molecule has 0 atom stereocenters. The van der Waals surface area contributed by atoms with Gasteiger partial charge < -0.3 is 10.5 Å². The lowest BCUT2D eigenvalue weighted by molar-refractivity contribution is 0.0586. The molecule has 15 heavy (non-hydrogen) atoms. The van der Waals surface area contributed by atoms with Gasteiger partial charge >= 0.3 is 5.97 Å². The number of aromatic nitrogens is 1. The molecule has 0 aliphatic carbocycles. The Bertz CT molecular complexity index is 398. The molecule has 0 radical (unpaired) electrons. The molecule has 0 saturated carbocycles. The molecule has 1 heterocycles. The van der Waals surface area contributed by atoms with Gasteiger partial charge in [0.25, 0.3) is 6.43 Å². The van der Waals surface area contributed by atoms with E-state index in [4.69, 9.17) is 5.73 Å². The number of nitrogens with zero attached hydrogens (tertiary/aromatic N) is 1. The van der Waals surface area contributed by atoms with Crippen molar-refractivity contribution in [2.24, 2.45) is 0 Å². The van der Waals surface area contributed by atoms with Crippen molar-refractivity contribution in [3.63, 3.8) is 0 Å². The van der Waals surface area contributed by atoms with Crippen molar-refractivity contribution in [3.8, 4) is 0 Å². The van der Waals surface area contributed by atoms with Crippen LogP contribution in [0.4, 0.5) is 14.6 Å². The van der Waals surface area contributed by atoms with Crippen molar-refractivity contribution in [1.82, 2.24) is 4.98 Å². The minimum Gasteiger partial charge on any atom is -0.465 e. The number of halogens is 3. The molecular weight excluding hydrogens is 274 g/mol. The van der Waals surface area contributed by atoms with E-state index in [0.29, 0.717) is 0 Å². The summed E-state index contributed by atoms with van der Waals surface area (Å²) < 4.78 is 29.6. The largest absolute Gasteiger partial charge is 0.465 e. The number of rotatable bonds is 2. The Balaban J connectivity index is 3.40. The summed E-state index contributed by atoms with van der Waals surface area (Å²) in [6, 6.07) is 1.26. The van der Waals surface area contributed by atoms with E-state index in [1.54, 1.807) is 0 Å². The average Bonchev–Trinajstić information content (AvgIpc) is 2.15. The quantitative estimate of drug-likeness (QED) is 0.843. The van der Waals surface area contributed by atoms with Crippen LogP contribution in [0.15, 0.2) is 10.5 Å². The molecule has 0 aromatic carbocycles. The van der Waals surface area contributed by atoms with Crippen LogP contribution in [0.3, 0.4) is 0 Å². The predicted octanol–water partition coefficient (Wildman–Crippen LogP) is 2.15. The minimum atomic E-state index is -2.89. The topological polar surface area (TPSA) is 65.2 Å². The standard InChI is InChI=1S/C8H7BrF2N2O2/c1-15-8(14)5-3(9)2-4(12)13-6(5)7(10)11/h2,7H,1H3,(H2,12,13). The fraction of sp³-hybridized carbons (Fsp3) is 0.250. The maximum Gasteiger partial charge on any atom is 0.341 e. The number of hydrogen-bond donors (Lipinski definition) is 1. The van der Waals surface area contributed by atoms with Gasteiger partial charge in [0.1, 0.15) is 17.1 Å². The lowest BCUT2D eigenvalue weighted by atomic mass is 10.2. The van der Waals surface area contributed by atoms with E-state index in [-0.39, 0.29) is 15.9 Å². The third kappa shape index (κ3) is 2.41. The summed E-state index contributed by atoms with van der Waals surface area (Å²) in [4.78, 5) is 14.6. The summed E-state index contributed by atoms with van der Waals surface area (Å²) in [7, 11) is 1.10. The maximum absolute atomic E-state index is 12.5. The number of alkyl halides is 2. The first-order valence-corrected chi connectivity index (χ1v) is 4.59. The van der Waals surface area contributed by atoms with E-state index in [1.165, 1.54) is 6.07 Å². The highest BCUT2D eigenvalue weighted by molar-refractivity contribution is 9.10. The van der Waals surface area contributed by atoms with Gasteiger partial charge in [0.05, 0.1) is 7.11 Å². The molecule has 0 aliphatic rings. The van der Waals surface area contributed by atoms with Crippen LogP contribution in [-0.4, -0.2) is 18.1 Å². The van der Waals surface area contributed by atoms with Crippen LogP contribution in [0.1, 0.15) is 22.5 Å². The summed E-state index contributed by atoms with van der Waals surface area (Å²) in [6.45, 7) is 0. The normalized spacial score (nSPS) is 10.5. The molecule has 1 aromatic rings. The first-order valence-electron chi connectivity index (χ1n) is 3.79. The van der Waals surface area contributed by atoms with E-state index >= 15 is 0 Å². The number of carbonyl (C=O) groups excluding carboxylic acids is 1. The smallest absolute Gasteiger partial charge is 0.341 e. The van der Waals surface area contributed by atoms with Crippen LogP contribution < -0.4 is 5.73 Å². The summed E-state index contributed by atoms with van der Waals surface area (Å²) in [5.41, 5.74) is 4.29. The second kappa shape index (κ2) is 4.52. The molecule has 1 rings (SSSR count). The van der Waals surface area contributed by atoms with Crippen molar-refractivity contribution in [1.29, 1.82) is 0 Å². The Hall–Kier alpha value is -1.24. The van der Waals surface area contributed by atoms with Crippen molar-refractivity contribution in [2.75, 3.05) is 12.8 Å². The fourth-order valence-corrected chi connectivity index (χ4v) is 1.61. The Kier molecular flexibility index (Phi) is 3.57. The van der Waals surface area contributed by atoms with Gasteiger partial charge in [-0.05, 0) is 22.0 Å². The van der Waals surface area contributed by atoms with Gasteiger partial charge in [-0.3, -0.25) is 0 Å². The van der Waals surface area contributed by atoms with Crippen LogP contribution in [0.2, 0.25) is 0 Å². The van der Waals surface area contributed by atoms with Gasteiger partial charge in [-0.1, -0.05) is 0 Å². The van der Waals surface area contributed by atoms with Crippen molar-refractivity contribution < 1.29 is 18.3 Å². The highest BCUT2D eigenvalue weighted by Crippen LogP contribution is 2.29. The minimum absolute atomic E-state index is 0.0928. The lowest BCUT2D eigenvalue weighted by Gasteiger charge is -2.09. The van der Waals surface area contributed by atoms with Crippen molar-refractivity contribution in [3.05, 3.63) is 21.8 Å². The average molecular weight is 281 g/mol. The van der Waals surface area contributed by atoms with E-state index in [0.717, 1.165) is 7.11 Å². The van der Waals surface area contributed by atoms with Gasteiger partial charge in [0.2, 0.25) is 0 Å². The summed E-state index contributed by atoms with van der Waals surface area (Å²) in [5, 5.41) is 0. The third-order valence-corrected chi connectivity index (χ3v) is 2.24. The molecule has 0 unspecified atom stereocenters. The van der Waals surface area contributed by atoms with Gasteiger partial charge in [0, 0.05) is 4.47 Å². The van der Waals surface area contributed by atoms with Crippen molar-refractivity contribution >= 4 is 27.7 Å². The maximum atomic E-state index is 12.5. The summed E-state index contributed by atoms with van der Waals surface area (Å²) in [6.07, 6.45) is -2.89. The van der Waals surface area contributed by atoms with Gasteiger partial charge in [-0.2, -0.15) is 0 Å². The van der Waals surface area contributed by atoms with Crippen LogP contribution in [0.5, 0.6) is 0 Å². The SMILES string of the molecule is COC(=O)c1c(Br)cc(N)nc1C(F)F. The molecule has 0 spiro atoms. The molecular formula is C8H7BrF2N2O2. The van der Waals surface area contributed by atoms with E-state index in [9.17, 15) is 13.6 Å². The number of hydrogen-bond acceptors (Lipinski definition) is 4. The van der Waals surface area contributed by atoms with Gasteiger partial charge in [0.15, 0.2) is 0 Å². The lowest BCUT2D eigenvalue weighted by Crippen LogP contribution is -2.10. The molecule has 4 nitrogen and oxygen atoms in total. The molecule has 82 valence electrons. The Morgan fingerprint density at radius 2 is 2.27 bits per heavy atom. The molecule has 1 aromatic heterocycles. The molecule has 7 heteroatoms. The number of ether oxygens (including phenoxy) is 1. The molecule has 0 amide bonds. The van der Waals surface area contributed by atoms with Crippen LogP contribution in [0, 0.1) is 0 Å². The van der Waals surface area contributed by atoms with Crippen molar-refractivity contribution in [2.45, 2.75) is 6.43 Å². The zero-order valence-corrected chi connectivity index (χ0v) is 9.22. The van der Waals surface area contributed by atoms with Crippen LogP contribution >= 0.6 is 15.9 Å². The molecule has 0 aliphatic heterocycles. The van der Waals surface area contributed by atoms with E-state index in [1.807, 2.05) is 0 Å². The number of methoxy groups -OCH3 is 1. The predicted molar refractivity (Wildman–Crippen MR) is 52.6 cm³/mol. The second-order valence-electron chi connectivity index (χ2n) is 2.58. The molecule has 0 saturated heterocycles. The second-order valence-corrected chi connectivity index (χ2v) is 3.44. The highest BCUT2D eigenvalue weighted by Gasteiger charge is 2.24. The molecule has 0 bridgehead atoms. The van der Waals surface area contributed by atoms with Gasteiger partial charge in [-0.25, -0.2) is 18.6 Å². The highest BCUT2D eigenvalue weighted by atomic mass is 79.9. The number of nitrogens with two attached hydrogens (primary N) is 1. The number of anilines is 1.